The molecule has 0 aliphatic heterocycles. The van der Waals surface area contributed by atoms with Crippen LogP contribution in [0.3, 0.4) is 0 Å². The van der Waals surface area contributed by atoms with E-state index in [0.717, 1.165) is 11.1 Å². The van der Waals surface area contributed by atoms with Crippen molar-refractivity contribution < 1.29 is 14.7 Å². The molecule has 1 aromatic carbocycles. The number of hydrogen-bond acceptors (Lipinski definition) is 3. The van der Waals surface area contributed by atoms with Crippen molar-refractivity contribution in [3.05, 3.63) is 35.4 Å². The maximum atomic E-state index is 12.0. The lowest BCUT2D eigenvalue weighted by Gasteiger charge is -2.24. The molecule has 19 heavy (non-hydrogen) atoms. The molecular weight excluding hydrogens is 244 g/mol. The fraction of sp³-hybridized carbons (Fsp3) is 0.429. The Hall–Kier alpha value is -1.88. The number of aliphatic hydroxyl groups excluding tert-OH is 1. The maximum absolute atomic E-state index is 12.0. The van der Waals surface area contributed by atoms with E-state index >= 15 is 0 Å². The fourth-order valence-electron chi connectivity index (χ4n) is 1.74. The van der Waals surface area contributed by atoms with Gasteiger partial charge in [-0.3, -0.25) is 9.59 Å². The lowest BCUT2D eigenvalue weighted by atomic mass is 10.1. The van der Waals surface area contributed by atoms with Crippen molar-refractivity contribution in [2.45, 2.75) is 32.4 Å². The fourth-order valence-corrected chi connectivity index (χ4v) is 1.74. The molecule has 0 radical (unpaired) electrons. The number of carbonyl (C=O) groups is 2. The first kappa shape index (κ1) is 15.2. The van der Waals surface area contributed by atoms with Crippen LogP contribution >= 0.6 is 0 Å². The average Bonchev–Trinajstić information content (AvgIpc) is 2.37. The van der Waals surface area contributed by atoms with Gasteiger partial charge in [-0.05, 0) is 18.1 Å². The van der Waals surface area contributed by atoms with E-state index < -0.39 is 5.91 Å². The molecule has 5 nitrogen and oxygen atoms in total. The van der Waals surface area contributed by atoms with Crippen LogP contribution in [0.4, 0.5) is 0 Å². The van der Waals surface area contributed by atoms with Gasteiger partial charge in [0.15, 0.2) is 0 Å². The third-order valence-corrected chi connectivity index (χ3v) is 3.11. The summed E-state index contributed by atoms with van der Waals surface area (Å²) in [5.74, 6) is -0.482. The summed E-state index contributed by atoms with van der Waals surface area (Å²) in [5.41, 5.74) is 6.80. The quantitative estimate of drug-likeness (QED) is 0.782. The normalized spacial score (nSPS) is 11.9. The third kappa shape index (κ3) is 4.71. The molecule has 5 heteroatoms. The van der Waals surface area contributed by atoms with Crippen molar-refractivity contribution in [2.75, 3.05) is 7.05 Å². The van der Waals surface area contributed by atoms with E-state index in [1.165, 1.54) is 4.90 Å². The highest BCUT2D eigenvalue weighted by molar-refractivity contribution is 5.80. The molecule has 1 aromatic rings. The summed E-state index contributed by atoms with van der Waals surface area (Å²) in [5, 5.41) is 8.94. The molecular formula is C14H20N2O3. The monoisotopic (exact) mass is 264 g/mol. The van der Waals surface area contributed by atoms with Crippen molar-refractivity contribution in [1.29, 1.82) is 0 Å². The van der Waals surface area contributed by atoms with Crippen molar-refractivity contribution in [2.24, 2.45) is 5.73 Å². The minimum Gasteiger partial charge on any atom is -0.392 e. The van der Waals surface area contributed by atoms with Gasteiger partial charge in [0.1, 0.15) is 0 Å². The van der Waals surface area contributed by atoms with E-state index in [4.69, 9.17) is 10.8 Å². The number of hydrogen-bond donors (Lipinski definition) is 2. The first-order valence-corrected chi connectivity index (χ1v) is 6.16. The van der Waals surface area contributed by atoms with E-state index in [2.05, 4.69) is 0 Å². The van der Waals surface area contributed by atoms with E-state index in [1.54, 1.807) is 26.1 Å². The van der Waals surface area contributed by atoms with Crippen molar-refractivity contribution in [1.82, 2.24) is 4.90 Å². The predicted octanol–water partition coefficient (Wildman–Crippen LogP) is 0.444. The van der Waals surface area contributed by atoms with Crippen LogP contribution in [0.5, 0.6) is 0 Å². The van der Waals surface area contributed by atoms with Gasteiger partial charge in [-0.25, -0.2) is 0 Å². The Morgan fingerprint density at radius 2 is 1.79 bits per heavy atom. The second-order valence-corrected chi connectivity index (χ2v) is 4.68. The summed E-state index contributed by atoms with van der Waals surface area (Å²) in [6, 6.07) is 7.00. The molecule has 3 N–H and O–H groups in total. The van der Waals surface area contributed by atoms with Crippen LogP contribution in [-0.2, 0) is 22.6 Å². The molecule has 0 unspecified atom stereocenters. The topological polar surface area (TPSA) is 83.6 Å². The smallest absolute Gasteiger partial charge is 0.226 e. The highest BCUT2D eigenvalue weighted by atomic mass is 16.3. The van der Waals surface area contributed by atoms with Gasteiger partial charge >= 0.3 is 0 Å². The Labute approximate surface area is 113 Å². The summed E-state index contributed by atoms with van der Waals surface area (Å²) in [6.07, 6.45) is 0.428. The summed E-state index contributed by atoms with van der Waals surface area (Å²) in [4.78, 5) is 24.4. The van der Waals surface area contributed by atoms with Gasteiger partial charge in [-0.15, -0.1) is 0 Å². The first-order chi connectivity index (χ1) is 8.93. The Bertz CT molecular complexity index is 443. The summed E-state index contributed by atoms with van der Waals surface area (Å²) in [6.45, 7) is 1.78. The number of rotatable bonds is 6. The second kappa shape index (κ2) is 6.89. The van der Waals surface area contributed by atoms with E-state index in [9.17, 15) is 9.59 Å². The Morgan fingerprint density at radius 1 is 1.26 bits per heavy atom. The Balaban J connectivity index is 2.60. The second-order valence-electron chi connectivity index (χ2n) is 4.68. The summed E-state index contributed by atoms with van der Waals surface area (Å²) in [7, 11) is 1.66. The summed E-state index contributed by atoms with van der Waals surface area (Å²) < 4.78 is 0. The van der Waals surface area contributed by atoms with Gasteiger partial charge in [0.2, 0.25) is 11.8 Å². The predicted molar refractivity (Wildman–Crippen MR) is 72.1 cm³/mol. The molecule has 104 valence electrons. The maximum Gasteiger partial charge on any atom is 0.226 e. The van der Waals surface area contributed by atoms with E-state index in [0.29, 0.717) is 0 Å². The summed E-state index contributed by atoms with van der Waals surface area (Å²) >= 11 is 0. The molecule has 0 saturated carbocycles. The highest BCUT2D eigenvalue weighted by Crippen LogP contribution is 2.08. The minimum atomic E-state index is -0.417. The van der Waals surface area contributed by atoms with Crippen LogP contribution in [0.15, 0.2) is 24.3 Å². The number of amides is 2. The van der Waals surface area contributed by atoms with Gasteiger partial charge < -0.3 is 15.7 Å². The number of aliphatic hydroxyl groups is 1. The zero-order chi connectivity index (χ0) is 14.4. The van der Waals surface area contributed by atoms with Gasteiger partial charge in [-0.1, -0.05) is 24.3 Å². The molecule has 0 aliphatic rings. The molecule has 2 amide bonds. The highest BCUT2D eigenvalue weighted by Gasteiger charge is 2.17. The lowest BCUT2D eigenvalue weighted by molar-refractivity contribution is -0.131. The Morgan fingerprint density at radius 3 is 2.26 bits per heavy atom. The van der Waals surface area contributed by atoms with Gasteiger partial charge in [0.05, 0.1) is 13.0 Å². The molecule has 0 fully saturated rings. The largest absolute Gasteiger partial charge is 0.392 e. The number of primary amides is 1. The van der Waals surface area contributed by atoms with Crippen molar-refractivity contribution >= 4 is 11.8 Å². The van der Waals surface area contributed by atoms with Gasteiger partial charge in [0.25, 0.3) is 0 Å². The minimum absolute atomic E-state index is 0.0101. The lowest BCUT2D eigenvalue weighted by Crippen LogP contribution is -2.38. The standard InChI is InChI=1S/C14H20N2O3/c1-10(7-13(15)18)16(2)14(19)8-11-3-5-12(9-17)6-4-11/h3-6,10,17H,7-9H2,1-2H3,(H2,15,18)/t10-/m0/s1. The SMILES string of the molecule is C[C@@H](CC(N)=O)N(C)C(=O)Cc1ccc(CO)cc1. The number of benzene rings is 1. The molecule has 0 aromatic heterocycles. The Kier molecular flexibility index (Phi) is 5.51. The van der Waals surface area contributed by atoms with Crippen LogP contribution in [0.2, 0.25) is 0 Å². The zero-order valence-electron chi connectivity index (χ0n) is 11.3. The third-order valence-electron chi connectivity index (χ3n) is 3.11. The molecule has 1 atom stereocenters. The van der Waals surface area contributed by atoms with E-state index in [-0.39, 0.29) is 31.4 Å². The molecule has 0 bridgehead atoms. The first-order valence-electron chi connectivity index (χ1n) is 6.16. The van der Waals surface area contributed by atoms with Crippen molar-refractivity contribution in [3.63, 3.8) is 0 Å². The van der Waals surface area contributed by atoms with Gasteiger partial charge in [0, 0.05) is 19.5 Å². The number of nitrogens with zero attached hydrogens (tertiary/aromatic N) is 1. The molecule has 0 heterocycles. The molecule has 0 aliphatic carbocycles. The van der Waals surface area contributed by atoms with Crippen LogP contribution in [0, 0.1) is 0 Å². The molecule has 0 spiro atoms. The van der Waals surface area contributed by atoms with Crippen LogP contribution in [0.25, 0.3) is 0 Å². The van der Waals surface area contributed by atoms with Crippen LogP contribution in [-0.4, -0.2) is 34.9 Å². The van der Waals surface area contributed by atoms with Crippen LogP contribution < -0.4 is 5.73 Å². The van der Waals surface area contributed by atoms with Crippen LogP contribution in [0.1, 0.15) is 24.5 Å². The number of carbonyl (C=O) groups excluding carboxylic acids is 2. The van der Waals surface area contributed by atoms with E-state index in [1.807, 2.05) is 12.1 Å². The van der Waals surface area contributed by atoms with Gasteiger partial charge in [-0.2, -0.15) is 0 Å². The average molecular weight is 264 g/mol. The van der Waals surface area contributed by atoms with Crippen molar-refractivity contribution in [3.8, 4) is 0 Å². The molecule has 1 rings (SSSR count). The number of nitrogens with two attached hydrogens (primary N) is 1. The number of likely N-dealkylation sites (N-methyl/N-ethyl adjacent to an activating group) is 1. The zero-order valence-corrected chi connectivity index (χ0v) is 11.3. The molecule has 0 saturated heterocycles.